The van der Waals surface area contributed by atoms with Crippen LogP contribution < -0.4 is 0 Å². The number of aryl methyl sites for hydroxylation is 4. The largest absolute Gasteiger partial charge is 0.508 e. The Morgan fingerprint density at radius 2 is 0.575 bits per heavy atom. The molecule has 0 atom stereocenters. The van der Waals surface area contributed by atoms with Crippen molar-refractivity contribution in [3.63, 3.8) is 0 Å². The van der Waals surface area contributed by atoms with Crippen molar-refractivity contribution < 1.29 is 20.4 Å². The van der Waals surface area contributed by atoms with Gasteiger partial charge in [-0.3, -0.25) is 0 Å². The lowest BCUT2D eigenvalue weighted by Crippen LogP contribution is -2.07. The van der Waals surface area contributed by atoms with Crippen molar-refractivity contribution in [1.29, 1.82) is 0 Å². The molecule has 0 aromatic heterocycles. The molecule has 0 saturated heterocycles. The zero-order valence-corrected chi connectivity index (χ0v) is 23.2. The maximum absolute atomic E-state index is 10.9. The highest BCUT2D eigenvalue weighted by Gasteiger charge is 2.26. The number of hydrogen-bond acceptors (Lipinski definition) is 4. The molecule has 0 amide bonds. The van der Waals surface area contributed by atoms with Crippen molar-refractivity contribution in [2.75, 3.05) is 0 Å². The third-order valence-corrected chi connectivity index (χ3v) is 7.59. The fourth-order valence-corrected chi connectivity index (χ4v) is 5.53. The quantitative estimate of drug-likeness (QED) is 0.167. The molecule has 0 aliphatic rings. The van der Waals surface area contributed by atoms with E-state index in [9.17, 15) is 20.4 Å². The minimum atomic E-state index is -0.408. The van der Waals surface area contributed by atoms with Gasteiger partial charge in [0, 0.05) is 34.1 Å². The summed E-state index contributed by atoms with van der Waals surface area (Å²) in [5.41, 5.74) is 8.35. The predicted octanol–water partition coefficient (Wildman–Crippen LogP) is 8.10. The SMILES string of the molecule is Cc1ccc(C(c2ccc(C(c3ccc(C)cc3O)c3ccc(C)cc3O)cc2)c2ccc(C)cc2O)c(O)c1. The van der Waals surface area contributed by atoms with Gasteiger partial charge in [0.1, 0.15) is 23.0 Å². The lowest BCUT2D eigenvalue weighted by atomic mass is 9.80. The fraction of sp³-hybridized carbons (Fsp3) is 0.167. The first-order valence-corrected chi connectivity index (χ1v) is 13.4. The normalized spacial score (nSPS) is 11.3. The number of phenolic OH excluding ortho intramolecular Hbond substituents is 4. The molecule has 0 radical (unpaired) electrons. The molecule has 0 saturated carbocycles. The summed E-state index contributed by atoms with van der Waals surface area (Å²) in [6.07, 6.45) is 0. The molecule has 5 aromatic carbocycles. The standard InChI is InChI=1S/C36H34O4/c1-21-5-13-27(31(37)17-21)35(28-14-6-22(2)18-32(28)38)25-9-11-26(12-10-25)36(29-15-7-23(3)19-33(29)39)30-16-8-24(4)20-34(30)40/h5-20,35-40H,1-4H3. The van der Waals surface area contributed by atoms with E-state index in [-0.39, 0.29) is 23.0 Å². The summed E-state index contributed by atoms with van der Waals surface area (Å²) in [6, 6.07) is 30.3. The van der Waals surface area contributed by atoms with Crippen molar-refractivity contribution in [1.82, 2.24) is 0 Å². The molecule has 4 heteroatoms. The van der Waals surface area contributed by atoms with Gasteiger partial charge in [0.25, 0.3) is 0 Å². The second kappa shape index (κ2) is 10.8. The highest BCUT2D eigenvalue weighted by molar-refractivity contribution is 5.57. The molecule has 4 N–H and O–H groups in total. The van der Waals surface area contributed by atoms with E-state index in [1.807, 2.05) is 100 Å². The molecular formula is C36H34O4. The first-order valence-electron chi connectivity index (χ1n) is 13.4. The average Bonchev–Trinajstić information content (AvgIpc) is 2.89. The maximum Gasteiger partial charge on any atom is 0.119 e. The monoisotopic (exact) mass is 530 g/mol. The van der Waals surface area contributed by atoms with Gasteiger partial charge in [-0.2, -0.15) is 0 Å². The van der Waals surface area contributed by atoms with Gasteiger partial charge in [0.05, 0.1) is 0 Å². The number of phenols is 4. The second-order valence-electron chi connectivity index (χ2n) is 10.8. The van der Waals surface area contributed by atoms with Gasteiger partial charge >= 0.3 is 0 Å². The first kappa shape index (κ1) is 26.9. The van der Waals surface area contributed by atoms with Crippen LogP contribution in [0.2, 0.25) is 0 Å². The Morgan fingerprint density at radius 1 is 0.350 bits per heavy atom. The molecule has 4 nitrogen and oxygen atoms in total. The summed E-state index contributed by atoms with van der Waals surface area (Å²) >= 11 is 0. The molecule has 40 heavy (non-hydrogen) atoms. The highest BCUT2D eigenvalue weighted by atomic mass is 16.3. The van der Waals surface area contributed by atoms with Crippen LogP contribution in [-0.2, 0) is 0 Å². The average molecular weight is 531 g/mol. The number of aromatic hydroxyl groups is 4. The van der Waals surface area contributed by atoms with Crippen molar-refractivity contribution in [2.45, 2.75) is 39.5 Å². The van der Waals surface area contributed by atoms with Gasteiger partial charge in [0.15, 0.2) is 0 Å². The maximum atomic E-state index is 10.9. The lowest BCUT2D eigenvalue weighted by molar-refractivity contribution is 0.457. The van der Waals surface area contributed by atoms with E-state index in [2.05, 4.69) is 0 Å². The minimum absolute atomic E-state index is 0.168. The summed E-state index contributed by atoms with van der Waals surface area (Å²) in [5, 5.41) is 43.8. The van der Waals surface area contributed by atoms with Crippen LogP contribution in [0.15, 0.2) is 97.1 Å². The van der Waals surface area contributed by atoms with Crippen molar-refractivity contribution in [3.05, 3.63) is 153 Å². The molecule has 202 valence electrons. The van der Waals surface area contributed by atoms with E-state index in [0.717, 1.165) is 33.4 Å². The first-order chi connectivity index (χ1) is 19.1. The van der Waals surface area contributed by atoms with Gasteiger partial charge in [-0.05, 0) is 85.3 Å². The zero-order chi connectivity index (χ0) is 28.6. The van der Waals surface area contributed by atoms with Crippen LogP contribution in [-0.4, -0.2) is 20.4 Å². The van der Waals surface area contributed by atoms with Crippen molar-refractivity contribution in [3.8, 4) is 23.0 Å². The van der Waals surface area contributed by atoms with Crippen LogP contribution in [0.1, 0.15) is 67.5 Å². The van der Waals surface area contributed by atoms with Crippen LogP contribution in [0.25, 0.3) is 0 Å². The van der Waals surface area contributed by atoms with Crippen molar-refractivity contribution >= 4 is 0 Å². The minimum Gasteiger partial charge on any atom is -0.508 e. The summed E-state index contributed by atoms with van der Waals surface area (Å²) in [7, 11) is 0. The third kappa shape index (κ3) is 5.26. The molecule has 0 aliphatic heterocycles. The van der Waals surface area contributed by atoms with Crippen LogP contribution in [0.3, 0.4) is 0 Å². The Labute approximate surface area is 235 Å². The summed E-state index contributed by atoms with van der Waals surface area (Å²) in [6.45, 7) is 7.71. The summed E-state index contributed by atoms with van der Waals surface area (Å²) in [5.74, 6) is -0.146. The topological polar surface area (TPSA) is 80.9 Å². The molecule has 0 heterocycles. The van der Waals surface area contributed by atoms with Gasteiger partial charge in [-0.25, -0.2) is 0 Å². The van der Waals surface area contributed by atoms with Crippen LogP contribution in [0.5, 0.6) is 23.0 Å². The van der Waals surface area contributed by atoms with Crippen LogP contribution in [0.4, 0.5) is 0 Å². The molecule has 0 unspecified atom stereocenters. The van der Waals surface area contributed by atoms with Gasteiger partial charge in [0.2, 0.25) is 0 Å². The molecule has 5 rings (SSSR count). The highest BCUT2D eigenvalue weighted by Crippen LogP contribution is 2.44. The number of hydrogen-bond donors (Lipinski definition) is 4. The molecule has 0 fully saturated rings. The van der Waals surface area contributed by atoms with E-state index in [4.69, 9.17) is 0 Å². The van der Waals surface area contributed by atoms with Gasteiger partial charge < -0.3 is 20.4 Å². The molecule has 0 aliphatic carbocycles. The summed E-state index contributed by atoms with van der Waals surface area (Å²) in [4.78, 5) is 0. The van der Waals surface area contributed by atoms with Crippen LogP contribution >= 0.6 is 0 Å². The third-order valence-electron chi connectivity index (χ3n) is 7.59. The van der Waals surface area contributed by atoms with Gasteiger partial charge in [-0.15, -0.1) is 0 Å². The van der Waals surface area contributed by atoms with Crippen molar-refractivity contribution in [2.24, 2.45) is 0 Å². The van der Waals surface area contributed by atoms with Gasteiger partial charge in [-0.1, -0.05) is 72.8 Å². The van der Waals surface area contributed by atoms with E-state index < -0.39 is 11.8 Å². The Morgan fingerprint density at radius 3 is 0.775 bits per heavy atom. The second-order valence-corrected chi connectivity index (χ2v) is 10.8. The summed E-state index contributed by atoms with van der Waals surface area (Å²) < 4.78 is 0. The van der Waals surface area contributed by atoms with E-state index >= 15 is 0 Å². The molecular weight excluding hydrogens is 496 g/mol. The Balaban J connectivity index is 1.66. The van der Waals surface area contributed by atoms with Crippen LogP contribution in [0, 0.1) is 27.7 Å². The van der Waals surface area contributed by atoms with E-state index in [1.165, 1.54) is 0 Å². The predicted molar refractivity (Wildman–Crippen MR) is 160 cm³/mol. The Kier molecular flexibility index (Phi) is 7.27. The Bertz CT molecular complexity index is 1460. The number of rotatable bonds is 6. The molecule has 5 aromatic rings. The smallest absolute Gasteiger partial charge is 0.119 e. The van der Waals surface area contributed by atoms with E-state index in [1.54, 1.807) is 24.3 Å². The lowest BCUT2D eigenvalue weighted by Gasteiger charge is -2.24. The fourth-order valence-electron chi connectivity index (χ4n) is 5.53. The molecule has 0 bridgehead atoms. The van der Waals surface area contributed by atoms with E-state index in [0.29, 0.717) is 22.3 Å². The Hall–Kier alpha value is -4.70. The molecule has 0 spiro atoms. The number of benzene rings is 5. The zero-order valence-electron chi connectivity index (χ0n) is 23.2.